The Morgan fingerprint density at radius 1 is 1.53 bits per heavy atom. The molecule has 0 atom stereocenters. The number of hydrogen-bond acceptors (Lipinski definition) is 6. The summed E-state index contributed by atoms with van der Waals surface area (Å²) in [5.74, 6) is 0.174. The first-order valence-corrected chi connectivity index (χ1v) is 6.40. The highest BCUT2D eigenvalue weighted by molar-refractivity contribution is 7.09. The number of hydrogen-bond donors (Lipinski definition) is 1. The third-order valence-corrected chi connectivity index (χ3v) is 3.27. The summed E-state index contributed by atoms with van der Waals surface area (Å²) >= 11 is 1.50. The highest BCUT2D eigenvalue weighted by Gasteiger charge is 2.16. The van der Waals surface area contributed by atoms with Crippen molar-refractivity contribution < 1.29 is 14.8 Å². The summed E-state index contributed by atoms with van der Waals surface area (Å²) < 4.78 is 5.42. The molecule has 0 amide bonds. The topological polar surface area (TPSA) is 85.5 Å². The van der Waals surface area contributed by atoms with Gasteiger partial charge in [0, 0.05) is 11.4 Å². The Hall–Kier alpha value is -1.99. The van der Waals surface area contributed by atoms with Gasteiger partial charge < -0.3 is 9.84 Å². The summed E-state index contributed by atoms with van der Waals surface area (Å²) in [5, 5.41) is 22.7. The van der Waals surface area contributed by atoms with Gasteiger partial charge in [-0.3, -0.25) is 10.1 Å². The Morgan fingerprint density at radius 2 is 2.32 bits per heavy atom. The van der Waals surface area contributed by atoms with Crippen molar-refractivity contribution >= 4 is 17.0 Å². The summed E-state index contributed by atoms with van der Waals surface area (Å²) in [6.07, 6.45) is 0. The largest absolute Gasteiger partial charge is 0.480 e. The molecule has 2 rings (SSSR count). The predicted molar refractivity (Wildman–Crippen MR) is 70.2 cm³/mol. The first-order chi connectivity index (χ1) is 9.10. The molecule has 0 spiro atoms. The monoisotopic (exact) mass is 280 g/mol. The SMILES string of the molecule is Cc1nc(COc2ccc(CO)cc2[N+](=O)[O-])cs1. The van der Waals surface area contributed by atoms with Crippen LogP contribution in [-0.2, 0) is 13.2 Å². The van der Waals surface area contributed by atoms with Crippen LogP contribution in [0.1, 0.15) is 16.3 Å². The molecule has 0 aliphatic carbocycles. The molecule has 0 radical (unpaired) electrons. The maximum Gasteiger partial charge on any atom is 0.311 e. The van der Waals surface area contributed by atoms with Crippen molar-refractivity contribution in [3.63, 3.8) is 0 Å². The van der Waals surface area contributed by atoms with Crippen molar-refractivity contribution in [3.8, 4) is 5.75 Å². The van der Waals surface area contributed by atoms with Crippen LogP contribution in [0.5, 0.6) is 5.75 Å². The molecule has 0 saturated carbocycles. The smallest absolute Gasteiger partial charge is 0.311 e. The highest BCUT2D eigenvalue weighted by Crippen LogP contribution is 2.28. The minimum Gasteiger partial charge on any atom is -0.480 e. The van der Waals surface area contributed by atoms with Gasteiger partial charge in [0.05, 0.1) is 22.2 Å². The second-order valence-electron chi connectivity index (χ2n) is 3.86. The molecule has 7 heteroatoms. The highest BCUT2D eigenvalue weighted by atomic mass is 32.1. The van der Waals surface area contributed by atoms with Crippen LogP contribution in [0, 0.1) is 17.0 Å². The molecule has 100 valence electrons. The van der Waals surface area contributed by atoms with Crippen molar-refractivity contribution in [1.82, 2.24) is 4.98 Å². The van der Waals surface area contributed by atoms with E-state index >= 15 is 0 Å². The molecule has 1 aromatic heterocycles. The lowest BCUT2D eigenvalue weighted by Gasteiger charge is -2.06. The van der Waals surface area contributed by atoms with Crippen LogP contribution in [0.25, 0.3) is 0 Å². The van der Waals surface area contributed by atoms with Crippen LogP contribution < -0.4 is 4.74 Å². The Bertz CT molecular complexity index is 597. The van der Waals surface area contributed by atoms with E-state index in [0.29, 0.717) is 5.56 Å². The third-order valence-electron chi connectivity index (χ3n) is 2.44. The molecule has 0 unspecified atom stereocenters. The predicted octanol–water partition coefficient (Wildman–Crippen LogP) is 2.43. The molecule has 0 aliphatic heterocycles. The molecule has 0 bridgehead atoms. The van der Waals surface area contributed by atoms with Crippen molar-refractivity contribution in [2.75, 3.05) is 0 Å². The van der Waals surface area contributed by atoms with Gasteiger partial charge in [-0.1, -0.05) is 6.07 Å². The van der Waals surface area contributed by atoms with Crippen LogP contribution >= 0.6 is 11.3 Å². The van der Waals surface area contributed by atoms with Gasteiger partial charge in [-0.2, -0.15) is 0 Å². The fourth-order valence-corrected chi connectivity index (χ4v) is 2.15. The number of thiazole rings is 1. The van der Waals surface area contributed by atoms with E-state index in [4.69, 9.17) is 9.84 Å². The number of nitro groups is 1. The van der Waals surface area contributed by atoms with Crippen molar-refractivity contribution in [3.05, 3.63) is 50.0 Å². The van der Waals surface area contributed by atoms with E-state index in [2.05, 4.69) is 4.98 Å². The lowest BCUT2D eigenvalue weighted by atomic mass is 10.2. The minimum atomic E-state index is -0.527. The van der Waals surface area contributed by atoms with E-state index < -0.39 is 4.92 Å². The fraction of sp³-hybridized carbons (Fsp3) is 0.250. The van der Waals surface area contributed by atoms with Crippen molar-refractivity contribution in [1.29, 1.82) is 0 Å². The van der Waals surface area contributed by atoms with E-state index in [9.17, 15) is 10.1 Å². The first kappa shape index (κ1) is 13.4. The molecule has 0 aliphatic rings. The van der Waals surface area contributed by atoms with Gasteiger partial charge in [0.15, 0.2) is 5.75 Å². The van der Waals surface area contributed by atoms with Crippen LogP contribution in [0.2, 0.25) is 0 Å². The van der Waals surface area contributed by atoms with Gasteiger partial charge >= 0.3 is 5.69 Å². The molecule has 1 heterocycles. The molecule has 19 heavy (non-hydrogen) atoms. The number of ether oxygens (including phenoxy) is 1. The van der Waals surface area contributed by atoms with Crippen molar-refractivity contribution in [2.45, 2.75) is 20.1 Å². The number of rotatable bonds is 5. The van der Waals surface area contributed by atoms with E-state index in [-0.39, 0.29) is 24.7 Å². The number of aliphatic hydroxyl groups is 1. The van der Waals surface area contributed by atoms with Crippen LogP contribution in [0.15, 0.2) is 23.6 Å². The second kappa shape index (κ2) is 5.77. The van der Waals surface area contributed by atoms with E-state index in [1.165, 1.54) is 23.5 Å². The van der Waals surface area contributed by atoms with Crippen LogP contribution in [0.3, 0.4) is 0 Å². The number of aryl methyl sites for hydroxylation is 1. The van der Waals surface area contributed by atoms with E-state index in [1.807, 2.05) is 12.3 Å². The summed E-state index contributed by atoms with van der Waals surface area (Å²) in [6.45, 7) is 1.82. The zero-order valence-electron chi connectivity index (χ0n) is 10.2. The third kappa shape index (κ3) is 3.27. The van der Waals surface area contributed by atoms with Crippen LogP contribution in [-0.4, -0.2) is 15.0 Å². The standard InChI is InChI=1S/C12H12N2O4S/c1-8-13-10(7-19-8)6-18-12-3-2-9(5-15)4-11(12)14(16)17/h2-4,7,15H,5-6H2,1H3. The minimum absolute atomic E-state index is 0.154. The van der Waals surface area contributed by atoms with Crippen LogP contribution in [0.4, 0.5) is 5.69 Å². The van der Waals surface area contributed by atoms with Gasteiger partial charge in [-0.25, -0.2) is 4.98 Å². The fourth-order valence-electron chi connectivity index (χ4n) is 1.55. The zero-order valence-corrected chi connectivity index (χ0v) is 11.0. The molecule has 1 N–H and O–H groups in total. The Morgan fingerprint density at radius 3 is 2.89 bits per heavy atom. The Balaban J connectivity index is 2.17. The van der Waals surface area contributed by atoms with E-state index in [1.54, 1.807) is 6.07 Å². The Kier molecular flexibility index (Phi) is 4.08. The molecular weight excluding hydrogens is 268 g/mol. The normalized spacial score (nSPS) is 10.4. The average Bonchev–Trinajstić information content (AvgIpc) is 2.82. The van der Waals surface area contributed by atoms with Gasteiger partial charge in [0.25, 0.3) is 0 Å². The van der Waals surface area contributed by atoms with Gasteiger partial charge in [-0.15, -0.1) is 11.3 Å². The lowest BCUT2D eigenvalue weighted by Crippen LogP contribution is -2.00. The number of benzene rings is 1. The number of nitrogens with zero attached hydrogens (tertiary/aromatic N) is 2. The van der Waals surface area contributed by atoms with E-state index in [0.717, 1.165) is 10.7 Å². The lowest BCUT2D eigenvalue weighted by molar-refractivity contribution is -0.386. The number of aromatic nitrogens is 1. The van der Waals surface area contributed by atoms with Gasteiger partial charge in [-0.05, 0) is 18.6 Å². The Labute approximate surface area is 113 Å². The average molecular weight is 280 g/mol. The summed E-state index contributed by atoms with van der Waals surface area (Å²) in [4.78, 5) is 14.6. The molecule has 2 aromatic rings. The summed E-state index contributed by atoms with van der Waals surface area (Å²) in [6, 6.07) is 4.39. The number of nitro benzene ring substituents is 1. The first-order valence-electron chi connectivity index (χ1n) is 5.52. The number of aliphatic hydroxyl groups excluding tert-OH is 1. The van der Waals surface area contributed by atoms with Crippen molar-refractivity contribution in [2.24, 2.45) is 0 Å². The maximum absolute atomic E-state index is 10.9. The molecular formula is C12H12N2O4S. The summed E-state index contributed by atoms with van der Waals surface area (Å²) in [5.41, 5.74) is 1.06. The van der Waals surface area contributed by atoms with Gasteiger partial charge in [0.2, 0.25) is 0 Å². The summed E-state index contributed by atoms with van der Waals surface area (Å²) in [7, 11) is 0. The zero-order chi connectivity index (χ0) is 13.8. The van der Waals surface area contributed by atoms with Gasteiger partial charge in [0.1, 0.15) is 6.61 Å². The molecule has 6 nitrogen and oxygen atoms in total. The maximum atomic E-state index is 10.9. The molecule has 0 fully saturated rings. The molecule has 1 aromatic carbocycles. The molecule has 0 saturated heterocycles. The quantitative estimate of drug-likeness (QED) is 0.671. The second-order valence-corrected chi connectivity index (χ2v) is 4.93.